The summed E-state index contributed by atoms with van der Waals surface area (Å²) in [7, 11) is -4.70. The van der Waals surface area contributed by atoms with Crippen LogP contribution in [-0.4, -0.2) is 41.0 Å². The lowest BCUT2D eigenvalue weighted by Crippen LogP contribution is -2.40. The van der Waals surface area contributed by atoms with E-state index in [2.05, 4.69) is 27.1 Å². The van der Waals surface area contributed by atoms with Crippen LogP contribution in [0, 0.1) is 11.6 Å². The Morgan fingerprint density at radius 3 is 2.11 bits per heavy atom. The molecule has 2 heterocycles. The van der Waals surface area contributed by atoms with Gasteiger partial charge in [-0.25, -0.2) is 32.7 Å². The van der Waals surface area contributed by atoms with Gasteiger partial charge in [0.05, 0.1) is 19.7 Å². The van der Waals surface area contributed by atoms with Crippen LogP contribution in [0.4, 0.5) is 8.78 Å². The molecule has 0 spiro atoms. The van der Waals surface area contributed by atoms with Gasteiger partial charge >= 0.3 is 7.82 Å². The van der Waals surface area contributed by atoms with Crippen LogP contribution in [0.5, 0.6) is 0 Å². The maximum Gasteiger partial charge on any atom is 0.473 e. The summed E-state index contributed by atoms with van der Waals surface area (Å²) in [5.41, 5.74) is -2.03. The normalized spacial score (nSPS) is 13.7. The van der Waals surface area contributed by atoms with Crippen molar-refractivity contribution in [3.8, 4) is 0 Å². The third kappa shape index (κ3) is 8.28. The van der Waals surface area contributed by atoms with Crippen molar-refractivity contribution < 1.29 is 27.3 Å². The standard InChI is InChI=1S/C22H31F2N6O4P/c1-2-3-4-5-6-7-8-11-33-35(31,32)34-22(13-29-17-25-15-27-29,14-30-18-26-16-28-30)20-10-9-19(23)12-21(20)24/h9-10,12,15-18H,2-8,11,13-14H2,1H3,(H,31,32). The molecule has 2 aromatic heterocycles. The maximum absolute atomic E-state index is 15.0. The zero-order valence-corrected chi connectivity index (χ0v) is 20.6. The molecule has 10 nitrogen and oxygen atoms in total. The molecule has 1 unspecified atom stereocenters. The molecule has 0 bridgehead atoms. The van der Waals surface area contributed by atoms with Gasteiger partial charge in [0, 0.05) is 11.6 Å². The average Bonchev–Trinajstić information content (AvgIpc) is 3.49. The number of hydrogen-bond acceptors (Lipinski definition) is 7. The SMILES string of the molecule is CCCCCCCCCOP(=O)(O)OC(Cn1cncn1)(Cn1cncn1)c1ccc(F)cc1F. The van der Waals surface area contributed by atoms with Gasteiger partial charge in [-0.1, -0.05) is 51.5 Å². The van der Waals surface area contributed by atoms with Gasteiger partial charge in [-0.3, -0.25) is 9.05 Å². The van der Waals surface area contributed by atoms with Crippen LogP contribution in [-0.2, 0) is 32.3 Å². The van der Waals surface area contributed by atoms with Gasteiger partial charge in [-0.05, 0) is 12.5 Å². The Hall–Kier alpha value is -2.53. The number of phosphoric acid groups is 1. The molecule has 1 aromatic carbocycles. The van der Waals surface area contributed by atoms with E-state index < -0.39 is 25.1 Å². The number of rotatable bonds is 16. The minimum Gasteiger partial charge on any atom is -0.302 e. The highest BCUT2D eigenvalue weighted by Gasteiger charge is 2.44. The van der Waals surface area contributed by atoms with E-state index in [1.54, 1.807) is 0 Å². The van der Waals surface area contributed by atoms with Gasteiger partial charge in [-0.15, -0.1) is 0 Å². The zero-order chi connectivity index (χ0) is 25.2. The van der Waals surface area contributed by atoms with Gasteiger partial charge in [0.15, 0.2) is 0 Å². The van der Waals surface area contributed by atoms with Crippen LogP contribution < -0.4 is 0 Å². The molecule has 13 heteroatoms. The molecule has 0 aliphatic heterocycles. The Morgan fingerprint density at radius 1 is 0.971 bits per heavy atom. The predicted octanol–water partition coefficient (Wildman–Crippen LogP) is 4.63. The van der Waals surface area contributed by atoms with Crippen molar-refractivity contribution in [1.82, 2.24) is 29.5 Å². The van der Waals surface area contributed by atoms with Gasteiger partial charge in [-0.2, -0.15) is 10.2 Å². The first kappa shape index (κ1) is 27.1. The first-order valence-electron chi connectivity index (χ1n) is 11.6. The molecule has 0 saturated carbocycles. The van der Waals surface area contributed by atoms with Crippen LogP contribution in [0.25, 0.3) is 0 Å². The van der Waals surface area contributed by atoms with Crippen molar-refractivity contribution in [3.05, 3.63) is 60.7 Å². The Bertz CT molecular complexity index is 1030. The molecule has 0 radical (unpaired) electrons. The van der Waals surface area contributed by atoms with E-state index in [9.17, 15) is 13.8 Å². The number of unbranched alkanes of at least 4 members (excludes halogenated alkanes) is 6. The summed E-state index contributed by atoms with van der Waals surface area (Å²) in [4.78, 5) is 18.4. The quantitative estimate of drug-likeness (QED) is 0.218. The highest BCUT2D eigenvalue weighted by molar-refractivity contribution is 7.47. The second-order valence-corrected chi connectivity index (χ2v) is 9.70. The van der Waals surface area contributed by atoms with E-state index in [-0.39, 0.29) is 25.3 Å². The van der Waals surface area contributed by atoms with Gasteiger partial charge in [0.2, 0.25) is 0 Å². The third-order valence-corrected chi connectivity index (χ3v) is 6.57. The summed E-state index contributed by atoms with van der Waals surface area (Å²) in [6.07, 6.45) is 12.3. The summed E-state index contributed by atoms with van der Waals surface area (Å²) in [5, 5.41) is 8.04. The minimum absolute atomic E-state index is 0.00378. The van der Waals surface area contributed by atoms with E-state index in [1.807, 2.05) is 0 Å². The molecule has 1 atom stereocenters. The predicted molar refractivity (Wildman–Crippen MR) is 123 cm³/mol. The third-order valence-electron chi connectivity index (χ3n) is 5.48. The van der Waals surface area contributed by atoms with Crippen LogP contribution >= 0.6 is 7.82 Å². The van der Waals surface area contributed by atoms with Crippen LogP contribution in [0.15, 0.2) is 43.5 Å². The highest BCUT2D eigenvalue weighted by Crippen LogP contribution is 2.52. The smallest absolute Gasteiger partial charge is 0.302 e. The Balaban J connectivity index is 1.81. The average molecular weight is 512 g/mol. The molecular weight excluding hydrogens is 481 g/mol. The highest BCUT2D eigenvalue weighted by atomic mass is 31.2. The van der Waals surface area contributed by atoms with E-state index in [0.717, 1.165) is 44.2 Å². The van der Waals surface area contributed by atoms with E-state index in [1.165, 1.54) is 41.1 Å². The van der Waals surface area contributed by atoms with E-state index in [4.69, 9.17) is 9.05 Å². The van der Waals surface area contributed by atoms with Gasteiger partial charge < -0.3 is 4.89 Å². The minimum atomic E-state index is -4.70. The summed E-state index contributed by atoms with van der Waals surface area (Å²) < 4.78 is 55.3. The number of nitrogens with zero attached hydrogens (tertiary/aromatic N) is 6. The molecule has 0 fully saturated rings. The van der Waals surface area contributed by atoms with Gasteiger partial charge in [0.25, 0.3) is 0 Å². The molecule has 0 saturated heterocycles. The van der Waals surface area contributed by atoms with Crippen molar-refractivity contribution in [2.45, 2.75) is 70.6 Å². The van der Waals surface area contributed by atoms with Gasteiger partial charge in [0.1, 0.15) is 42.5 Å². The molecule has 0 amide bonds. The lowest BCUT2D eigenvalue weighted by atomic mass is 9.93. The van der Waals surface area contributed by atoms with Crippen LogP contribution in [0.3, 0.4) is 0 Å². The molecule has 35 heavy (non-hydrogen) atoms. The van der Waals surface area contributed by atoms with Crippen molar-refractivity contribution in [2.24, 2.45) is 0 Å². The van der Waals surface area contributed by atoms with Crippen LogP contribution in [0.1, 0.15) is 57.4 Å². The summed E-state index contributed by atoms with van der Waals surface area (Å²) >= 11 is 0. The first-order valence-corrected chi connectivity index (χ1v) is 13.1. The van der Waals surface area contributed by atoms with Crippen molar-refractivity contribution in [1.29, 1.82) is 0 Å². The van der Waals surface area contributed by atoms with Crippen LogP contribution in [0.2, 0.25) is 0 Å². The number of phosphoric ester groups is 1. The second-order valence-electron chi connectivity index (χ2n) is 8.32. The maximum atomic E-state index is 15.0. The monoisotopic (exact) mass is 512 g/mol. The van der Waals surface area contributed by atoms with Crippen molar-refractivity contribution in [3.63, 3.8) is 0 Å². The number of benzene rings is 1. The zero-order valence-electron chi connectivity index (χ0n) is 19.7. The fourth-order valence-electron chi connectivity index (χ4n) is 3.82. The lowest BCUT2D eigenvalue weighted by molar-refractivity contribution is -0.0170. The number of aromatic nitrogens is 6. The van der Waals surface area contributed by atoms with Crippen molar-refractivity contribution >= 4 is 7.82 Å². The summed E-state index contributed by atoms with van der Waals surface area (Å²) in [6.45, 7) is 1.67. The van der Waals surface area contributed by atoms with Crippen molar-refractivity contribution in [2.75, 3.05) is 6.61 Å². The first-order chi connectivity index (χ1) is 16.8. The van der Waals surface area contributed by atoms with E-state index in [0.29, 0.717) is 12.5 Å². The second kappa shape index (κ2) is 13.0. The Kier molecular flexibility index (Phi) is 10.0. The van der Waals surface area contributed by atoms with E-state index >= 15 is 4.39 Å². The fraction of sp³-hybridized carbons (Fsp3) is 0.545. The molecular formula is C22H31F2N6O4P. The molecule has 0 aliphatic carbocycles. The lowest BCUT2D eigenvalue weighted by Gasteiger charge is -2.35. The summed E-state index contributed by atoms with van der Waals surface area (Å²) in [6, 6.07) is 2.88. The fourth-order valence-corrected chi connectivity index (χ4v) is 4.89. The molecule has 1 N–H and O–H groups in total. The number of hydrogen-bond donors (Lipinski definition) is 1. The Morgan fingerprint density at radius 2 is 1.57 bits per heavy atom. The molecule has 3 aromatic rings. The largest absolute Gasteiger partial charge is 0.473 e. The molecule has 192 valence electrons. The number of halogens is 2. The molecule has 0 aliphatic rings. The Labute approximate surface area is 202 Å². The summed E-state index contributed by atoms with van der Waals surface area (Å²) in [5.74, 6) is -1.76. The topological polar surface area (TPSA) is 117 Å². The molecule has 3 rings (SSSR count).